The number of halogens is 1. The minimum absolute atomic E-state index is 0.0191. The average Bonchev–Trinajstić information content (AvgIpc) is 3.60. The summed E-state index contributed by atoms with van der Waals surface area (Å²) in [5, 5.41) is 14.2. The van der Waals surface area contributed by atoms with Crippen LogP contribution in [-0.2, 0) is 20.9 Å². The molecule has 4 saturated carbocycles. The highest BCUT2D eigenvalue weighted by atomic mass is 19.1. The number of piperidine rings is 1. The molecule has 8 rings (SSSR count). The molecule has 7 heteroatoms. The number of hydrogen-bond donors (Lipinski definition) is 2. The van der Waals surface area contributed by atoms with Crippen molar-refractivity contribution < 1.29 is 23.8 Å². The number of nitrogens with zero attached hydrogens (tertiary/aromatic N) is 1. The number of likely N-dealkylation sites (tertiary alicyclic amines) is 1. The summed E-state index contributed by atoms with van der Waals surface area (Å²) in [6, 6.07) is 9.67. The van der Waals surface area contributed by atoms with E-state index in [0.29, 0.717) is 81.3 Å². The van der Waals surface area contributed by atoms with Crippen molar-refractivity contribution >= 4 is 11.9 Å². The third-order valence-corrected chi connectivity index (χ3v) is 19.6. The summed E-state index contributed by atoms with van der Waals surface area (Å²) < 4.78 is 20.5. The largest absolute Gasteiger partial charge is 0.460 e. The van der Waals surface area contributed by atoms with Gasteiger partial charge in [-0.3, -0.25) is 9.59 Å². The van der Waals surface area contributed by atoms with Crippen molar-refractivity contribution in [3.05, 3.63) is 71.3 Å². The number of esters is 1. The number of benzene rings is 1. The highest BCUT2D eigenvalue weighted by molar-refractivity contribution is 5.78. The Kier molecular flexibility index (Phi) is 11.5. The molecular weight excluding hydrogens is 748 g/mol. The van der Waals surface area contributed by atoms with Gasteiger partial charge < -0.3 is 20.1 Å². The zero-order valence-corrected chi connectivity index (χ0v) is 38.3. The minimum atomic E-state index is -1.10. The molecule has 1 aromatic rings. The number of nitrogens with one attached hydrogen (secondary N) is 1. The maximum Gasteiger partial charge on any atom is 0.315 e. The van der Waals surface area contributed by atoms with E-state index in [-0.39, 0.29) is 39.6 Å². The van der Waals surface area contributed by atoms with Crippen molar-refractivity contribution in [2.45, 2.75) is 151 Å². The number of aliphatic hydroxyl groups is 1. The van der Waals surface area contributed by atoms with Crippen molar-refractivity contribution in [2.75, 3.05) is 32.9 Å². The summed E-state index contributed by atoms with van der Waals surface area (Å²) in [4.78, 5) is 28.7. The van der Waals surface area contributed by atoms with Crippen molar-refractivity contribution in [3.63, 3.8) is 0 Å². The van der Waals surface area contributed by atoms with Gasteiger partial charge in [-0.2, -0.15) is 0 Å². The number of alkyl halides is 1. The van der Waals surface area contributed by atoms with Crippen molar-refractivity contribution in [1.82, 2.24) is 10.2 Å². The number of ether oxygens (including phenoxy) is 1. The van der Waals surface area contributed by atoms with E-state index in [2.05, 4.69) is 65.6 Å². The molecule has 0 spiro atoms. The molecule has 2 N–H and O–H groups in total. The van der Waals surface area contributed by atoms with Gasteiger partial charge in [0.05, 0.1) is 17.6 Å². The Morgan fingerprint density at radius 1 is 0.867 bits per heavy atom. The molecule has 0 aromatic heterocycles. The Labute approximate surface area is 361 Å². The van der Waals surface area contributed by atoms with Crippen molar-refractivity contribution in [1.29, 1.82) is 0 Å². The summed E-state index contributed by atoms with van der Waals surface area (Å²) in [5.74, 6) is 2.72. The first-order chi connectivity index (χ1) is 28.3. The molecule has 1 saturated heterocycles. The van der Waals surface area contributed by atoms with Gasteiger partial charge in [-0.1, -0.05) is 89.3 Å². The molecule has 330 valence electrons. The molecule has 60 heavy (non-hydrogen) atoms. The summed E-state index contributed by atoms with van der Waals surface area (Å²) in [6.45, 7) is 23.9. The number of carbonyl (C=O) groups excluding carboxylic acids is 2. The lowest BCUT2D eigenvalue weighted by Crippen LogP contribution is -2.66. The van der Waals surface area contributed by atoms with Gasteiger partial charge in [0.15, 0.2) is 0 Å². The second-order valence-electron chi connectivity index (χ2n) is 23.0. The topological polar surface area (TPSA) is 78.9 Å². The summed E-state index contributed by atoms with van der Waals surface area (Å²) in [7, 11) is 0. The van der Waals surface area contributed by atoms with Crippen LogP contribution >= 0.6 is 0 Å². The molecule has 1 aromatic carbocycles. The van der Waals surface area contributed by atoms with Crippen LogP contribution in [0.5, 0.6) is 0 Å². The Balaban J connectivity index is 0.984. The number of allylic oxidation sites excluding steroid dienone is 5. The molecule has 1 aliphatic heterocycles. The van der Waals surface area contributed by atoms with Crippen LogP contribution in [0.4, 0.5) is 4.39 Å². The smallest absolute Gasteiger partial charge is 0.315 e. The van der Waals surface area contributed by atoms with E-state index in [9.17, 15) is 19.1 Å². The van der Waals surface area contributed by atoms with Gasteiger partial charge in [0.1, 0.15) is 13.3 Å². The molecule has 4 unspecified atom stereocenters. The lowest BCUT2D eigenvalue weighted by molar-refractivity contribution is -0.226. The minimum Gasteiger partial charge on any atom is -0.460 e. The second kappa shape index (κ2) is 15.8. The quantitative estimate of drug-likeness (QED) is 0.181. The van der Waals surface area contributed by atoms with Crippen LogP contribution in [0.15, 0.2) is 65.8 Å². The van der Waals surface area contributed by atoms with E-state index in [1.165, 1.54) is 68.1 Å². The van der Waals surface area contributed by atoms with Gasteiger partial charge in [0, 0.05) is 19.6 Å². The number of hydrogen-bond acceptors (Lipinski definition) is 5. The zero-order valence-electron chi connectivity index (χ0n) is 38.3. The molecule has 0 bridgehead atoms. The number of amides is 1. The first-order valence-corrected chi connectivity index (χ1v) is 23.9. The third-order valence-electron chi connectivity index (χ3n) is 19.6. The van der Waals surface area contributed by atoms with Crippen molar-refractivity contribution in [2.24, 2.45) is 62.1 Å². The Morgan fingerprint density at radius 3 is 2.27 bits per heavy atom. The number of rotatable bonds is 10. The van der Waals surface area contributed by atoms with Crippen LogP contribution in [0.3, 0.4) is 0 Å². The highest BCUT2D eigenvalue weighted by Gasteiger charge is 2.70. The summed E-state index contributed by atoms with van der Waals surface area (Å²) >= 11 is 0. The molecular formula is C53H77FN2O4. The van der Waals surface area contributed by atoms with Crippen LogP contribution in [0.25, 0.3) is 0 Å². The molecule has 7 aliphatic rings. The van der Waals surface area contributed by atoms with Crippen molar-refractivity contribution in [3.8, 4) is 0 Å². The predicted octanol–water partition coefficient (Wildman–Crippen LogP) is 11.0. The molecule has 0 radical (unpaired) electrons. The fraction of sp³-hybridized carbons (Fsp3) is 0.736. The van der Waals surface area contributed by atoms with Crippen LogP contribution in [0.1, 0.15) is 144 Å². The van der Waals surface area contributed by atoms with Crippen LogP contribution in [0, 0.1) is 62.1 Å². The van der Waals surface area contributed by atoms with Gasteiger partial charge in [-0.15, -0.1) is 0 Å². The normalized spacial score (nSPS) is 40.5. The van der Waals surface area contributed by atoms with E-state index >= 15 is 0 Å². The zero-order chi connectivity index (χ0) is 42.9. The molecule has 1 amide bonds. The van der Waals surface area contributed by atoms with E-state index in [4.69, 9.17) is 4.74 Å². The molecule has 5 fully saturated rings. The lowest BCUT2D eigenvalue weighted by atomic mass is 9.32. The molecule has 1 heterocycles. The van der Waals surface area contributed by atoms with E-state index in [1.54, 1.807) is 0 Å². The van der Waals surface area contributed by atoms with Gasteiger partial charge in [-0.25, -0.2) is 4.39 Å². The third kappa shape index (κ3) is 7.10. The van der Waals surface area contributed by atoms with E-state index < -0.39 is 23.7 Å². The average molecular weight is 825 g/mol. The monoisotopic (exact) mass is 825 g/mol. The Bertz CT molecular complexity index is 1880. The molecule has 10 atom stereocenters. The van der Waals surface area contributed by atoms with Gasteiger partial charge in [-0.05, 0) is 177 Å². The molecule has 6 nitrogen and oxygen atoms in total. The fourth-order valence-corrected chi connectivity index (χ4v) is 15.9. The van der Waals surface area contributed by atoms with Crippen LogP contribution in [-0.4, -0.2) is 60.3 Å². The SMILES string of the molecule is C=C(C)[C@@H]1CCC2(CNCC(=O)N3CCC(C)(O)CC3)CC[C@]3(C)C(CC[C@@H]4C5(C)CC=C(C6=CC[C@](CF)(C(=O)OCc7ccccc7)CC6)C(C)(C)C5CC[C@]43C)[C@@H]12. The number of fused-ring (bicyclic) bond motifs is 7. The fourth-order valence-electron chi connectivity index (χ4n) is 15.9. The van der Waals surface area contributed by atoms with Gasteiger partial charge >= 0.3 is 5.97 Å². The summed E-state index contributed by atoms with van der Waals surface area (Å²) in [5.41, 5.74) is 4.11. The van der Waals surface area contributed by atoms with Gasteiger partial charge in [0.2, 0.25) is 5.91 Å². The Morgan fingerprint density at radius 2 is 1.60 bits per heavy atom. The summed E-state index contributed by atoms with van der Waals surface area (Å²) in [6.07, 6.45) is 18.7. The maximum absolute atomic E-state index is 14.8. The standard InChI is InChI=1S/C53H77FN2O4/c1-36(2)39-18-25-53(35-55-32-44(57)56-30-28-48(5,59)29-31-56)27-26-50(7)41(45(39)53)14-15-43-49(6)21-19-40(47(3,4)42(49)20-22-51(43,50)8)38-16-23-52(34-54,24-17-38)46(58)60-33-37-12-10-9-11-13-37/h9-13,16,19,39,41-43,45,55,59H,1,14-15,17-18,20-35H2,2-8H3/t39-,41?,42?,43+,45+,49?,50+,51+,52-,53?/m0/s1. The first-order valence-electron chi connectivity index (χ1n) is 23.9. The number of carbonyl (C=O) groups is 2. The van der Waals surface area contributed by atoms with Crippen LogP contribution in [0.2, 0.25) is 0 Å². The van der Waals surface area contributed by atoms with Crippen LogP contribution < -0.4 is 5.32 Å². The van der Waals surface area contributed by atoms with E-state index in [0.717, 1.165) is 18.5 Å². The first kappa shape index (κ1) is 43.9. The second-order valence-corrected chi connectivity index (χ2v) is 23.0. The van der Waals surface area contributed by atoms with E-state index in [1.807, 2.05) is 42.2 Å². The lowest BCUT2D eigenvalue weighted by Gasteiger charge is -2.72. The highest BCUT2D eigenvalue weighted by Crippen LogP contribution is 2.77. The molecule has 6 aliphatic carbocycles. The Hall–Kier alpha value is -2.77. The van der Waals surface area contributed by atoms with Gasteiger partial charge in [0.25, 0.3) is 0 Å². The predicted molar refractivity (Wildman–Crippen MR) is 238 cm³/mol. The maximum atomic E-state index is 14.8.